The summed E-state index contributed by atoms with van der Waals surface area (Å²) in [5, 5.41) is 0. The lowest BCUT2D eigenvalue weighted by Crippen LogP contribution is -2.36. The van der Waals surface area contributed by atoms with Crippen LogP contribution in [0.2, 0.25) is 0 Å². The zero-order valence-corrected chi connectivity index (χ0v) is 12.2. The predicted molar refractivity (Wildman–Crippen MR) is 83.4 cm³/mol. The third-order valence-electron chi connectivity index (χ3n) is 4.18. The lowest BCUT2D eigenvalue weighted by molar-refractivity contribution is -0.695. The molecule has 0 unspecified atom stereocenters. The minimum Gasteiger partial charge on any atom is -0.462 e. The molecular weight excluding hydrogens is 260 g/mol. The molecule has 0 radical (unpaired) electrons. The second kappa shape index (κ2) is 4.48. The molecule has 21 heavy (non-hydrogen) atoms. The number of imidazole rings is 1. The normalized spacial score (nSPS) is 13.2. The molecule has 0 fully saturated rings. The van der Waals surface area contributed by atoms with Gasteiger partial charge < -0.3 is 4.74 Å². The van der Waals surface area contributed by atoms with E-state index in [1.54, 1.807) is 6.26 Å². The molecule has 1 aliphatic heterocycles. The highest BCUT2D eigenvalue weighted by atomic mass is 16.5. The Morgan fingerprint density at radius 2 is 1.95 bits per heavy atom. The van der Waals surface area contributed by atoms with Crippen molar-refractivity contribution in [3.8, 4) is 11.4 Å². The van der Waals surface area contributed by atoms with Crippen LogP contribution in [-0.4, -0.2) is 4.57 Å². The highest BCUT2D eigenvalue weighted by Crippen LogP contribution is 2.27. The van der Waals surface area contributed by atoms with Gasteiger partial charge in [-0.05, 0) is 30.7 Å². The second-order valence-corrected chi connectivity index (χ2v) is 5.44. The summed E-state index contributed by atoms with van der Waals surface area (Å²) in [6, 6.07) is 14.9. The van der Waals surface area contributed by atoms with Crippen LogP contribution in [0, 0.1) is 6.92 Å². The lowest BCUT2D eigenvalue weighted by atomic mass is 10.1. The number of benzene rings is 2. The Kier molecular flexibility index (Phi) is 2.61. The van der Waals surface area contributed by atoms with Gasteiger partial charge in [0.15, 0.2) is 11.0 Å². The van der Waals surface area contributed by atoms with Gasteiger partial charge in [-0.15, -0.1) is 0 Å². The number of nitrogens with zero attached hydrogens (tertiary/aromatic N) is 2. The van der Waals surface area contributed by atoms with E-state index in [-0.39, 0.29) is 0 Å². The van der Waals surface area contributed by atoms with Crippen LogP contribution in [0.4, 0.5) is 0 Å². The third kappa shape index (κ3) is 1.70. The Hall–Kier alpha value is -2.55. The quantitative estimate of drug-likeness (QED) is 0.623. The van der Waals surface area contributed by atoms with Gasteiger partial charge in [0.05, 0.1) is 18.9 Å². The first-order valence-electron chi connectivity index (χ1n) is 7.13. The first-order chi connectivity index (χ1) is 10.3. The van der Waals surface area contributed by atoms with Crippen LogP contribution in [-0.2, 0) is 18.5 Å². The molecule has 1 aliphatic rings. The molecule has 0 amide bonds. The van der Waals surface area contributed by atoms with Crippen LogP contribution in [0.15, 0.2) is 48.7 Å². The van der Waals surface area contributed by atoms with Crippen molar-refractivity contribution in [1.82, 2.24) is 4.57 Å². The first kappa shape index (κ1) is 12.2. The van der Waals surface area contributed by atoms with Crippen molar-refractivity contribution in [3.05, 3.63) is 59.9 Å². The minimum atomic E-state index is 0.536. The van der Waals surface area contributed by atoms with E-state index < -0.39 is 0 Å². The molecule has 0 bridgehead atoms. The molecule has 1 aromatic heterocycles. The molecule has 0 aliphatic carbocycles. The van der Waals surface area contributed by atoms with Gasteiger partial charge in [-0.2, -0.15) is 4.57 Å². The van der Waals surface area contributed by atoms with Gasteiger partial charge >= 0.3 is 0 Å². The van der Waals surface area contributed by atoms with Gasteiger partial charge in [0, 0.05) is 5.56 Å². The van der Waals surface area contributed by atoms with Crippen molar-refractivity contribution in [2.75, 3.05) is 0 Å². The summed E-state index contributed by atoms with van der Waals surface area (Å²) in [5.74, 6) is 1.18. The second-order valence-electron chi connectivity index (χ2n) is 5.44. The molecule has 2 heterocycles. The summed E-state index contributed by atoms with van der Waals surface area (Å²) in [5.41, 5.74) is 6.16. The van der Waals surface area contributed by atoms with Crippen LogP contribution >= 0.6 is 0 Å². The van der Waals surface area contributed by atoms with Crippen molar-refractivity contribution in [1.29, 1.82) is 0 Å². The van der Waals surface area contributed by atoms with Crippen molar-refractivity contribution in [2.45, 2.75) is 13.7 Å². The number of hydrogen-bond acceptors (Lipinski definition) is 1. The smallest absolute Gasteiger partial charge is 0.292 e. The number of hydrogen-bond donors (Lipinski definition) is 0. The molecule has 0 atom stereocenters. The number of para-hydroxylation sites is 1. The monoisotopic (exact) mass is 277 g/mol. The lowest BCUT2D eigenvalue weighted by Gasteiger charge is -2.05. The molecule has 4 rings (SSSR count). The van der Waals surface area contributed by atoms with E-state index in [2.05, 4.69) is 65.6 Å². The predicted octanol–water partition coefficient (Wildman–Crippen LogP) is 3.40. The Balaban J connectivity index is 2.15. The van der Waals surface area contributed by atoms with Crippen molar-refractivity contribution < 1.29 is 9.30 Å². The Bertz CT molecular complexity index is 874. The van der Waals surface area contributed by atoms with E-state index >= 15 is 0 Å². The molecule has 0 N–H and O–H groups in total. The first-order valence-corrected chi connectivity index (χ1v) is 7.13. The maximum atomic E-state index is 5.65. The zero-order valence-electron chi connectivity index (χ0n) is 12.2. The fraction of sp³-hybridized carbons (Fsp3) is 0.167. The highest BCUT2D eigenvalue weighted by Gasteiger charge is 2.27. The summed E-state index contributed by atoms with van der Waals surface area (Å²) in [6.45, 7) is 2.69. The van der Waals surface area contributed by atoms with Crippen molar-refractivity contribution in [2.24, 2.45) is 7.05 Å². The molecule has 0 saturated heterocycles. The van der Waals surface area contributed by atoms with E-state index in [1.165, 1.54) is 33.5 Å². The third-order valence-corrected chi connectivity index (χ3v) is 4.18. The average Bonchev–Trinajstić information content (AvgIpc) is 2.66. The fourth-order valence-electron chi connectivity index (χ4n) is 3.16. The van der Waals surface area contributed by atoms with E-state index in [0.29, 0.717) is 6.73 Å². The number of aryl methyl sites for hydroxylation is 2. The summed E-state index contributed by atoms with van der Waals surface area (Å²) in [7, 11) is 2.12. The van der Waals surface area contributed by atoms with E-state index in [4.69, 9.17) is 4.74 Å². The van der Waals surface area contributed by atoms with Crippen LogP contribution in [0.1, 0.15) is 11.1 Å². The minimum absolute atomic E-state index is 0.536. The number of ether oxygens (including phenoxy) is 1. The molecular formula is C18H17N2O+. The van der Waals surface area contributed by atoms with Crippen molar-refractivity contribution >= 4 is 17.1 Å². The van der Waals surface area contributed by atoms with Crippen LogP contribution in [0.25, 0.3) is 28.5 Å². The van der Waals surface area contributed by atoms with Crippen LogP contribution in [0.5, 0.6) is 0 Å². The molecule has 104 valence electrons. The molecule has 3 aromatic rings. The van der Waals surface area contributed by atoms with E-state index in [9.17, 15) is 0 Å². The maximum absolute atomic E-state index is 5.65. The molecule has 3 nitrogen and oxygen atoms in total. The zero-order chi connectivity index (χ0) is 14.4. The van der Waals surface area contributed by atoms with Gasteiger partial charge in [-0.3, -0.25) is 0 Å². The Morgan fingerprint density at radius 3 is 2.81 bits per heavy atom. The molecule has 0 spiro atoms. The van der Waals surface area contributed by atoms with Gasteiger partial charge in [0.2, 0.25) is 6.73 Å². The summed E-state index contributed by atoms with van der Waals surface area (Å²) < 4.78 is 10.2. The Morgan fingerprint density at radius 1 is 1.10 bits per heavy atom. The average molecular weight is 277 g/mol. The van der Waals surface area contributed by atoms with Gasteiger partial charge in [0.1, 0.15) is 0 Å². The van der Waals surface area contributed by atoms with E-state index in [0.717, 1.165) is 0 Å². The van der Waals surface area contributed by atoms with Gasteiger partial charge in [0.25, 0.3) is 5.82 Å². The van der Waals surface area contributed by atoms with Crippen molar-refractivity contribution in [3.63, 3.8) is 0 Å². The fourth-order valence-corrected chi connectivity index (χ4v) is 3.16. The topological polar surface area (TPSA) is 18.0 Å². The van der Waals surface area contributed by atoms with Gasteiger partial charge in [-0.1, -0.05) is 30.3 Å². The van der Waals surface area contributed by atoms with E-state index in [1.807, 2.05) is 6.08 Å². The van der Waals surface area contributed by atoms with Crippen LogP contribution in [0.3, 0.4) is 0 Å². The summed E-state index contributed by atoms with van der Waals surface area (Å²) in [6.07, 6.45) is 3.82. The standard InChI is InChI=1S/C18H17N2O/c1-13-6-3-4-8-15(13)18-19(2)16-9-5-7-14-10-11-21-12-20(18)17(14)16/h3-11H,12H2,1-2H3/q+1. The largest absolute Gasteiger partial charge is 0.462 e. The summed E-state index contributed by atoms with van der Waals surface area (Å²) >= 11 is 0. The number of aromatic nitrogens is 2. The summed E-state index contributed by atoms with van der Waals surface area (Å²) in [4.78, 5) is 0. The van der Waals surface area contributed by atoms with Gasteiger partial charge in [-0.25, -0.2) is 4.57 Å². The number of rotatable bonds is 1. The molecule has 0 saturated carbocycles. The van der Waals surface area contributed by atoms with Crippen LogP contribution < -0.4 is 4.57 Å². The SMILES string of the molecule is Cc1ccccc1-c1n(C)c2cccc3c2[n+]1COC=C3. The molecule has 3 heteroatoms. The maximum Gasteiger partial charge on any atom is 0.292 e. The molecule has 2 aromatic carbocycles. The highest BCUT2D eigenvalue weighted by molar-refractivity contribution is 5.84. The Labute approximate surface area is 123 Å².